The fraction of sp³-hybridized carbons (Fsp3) is 0.632. The standard InChI is InChI=1S/C57H87NO18/c1-5-6-17-22-39(59)28-42(62)27-26-37(3)54-36(2)21-18-15-13-11-9-7-8-10-12-14-16-19-25-46(74-56-53(69)51(58)52(68)38(4)73-56)33-48-50(55(70)71)47(66)35-57(72,76-48)34-45(65)31-43(63)29-40(60)23-20-24-41(61)30-44(64)32-49(67)75-54/h5-19,21-22,25,36-38,40-48,50-54,56,60-66,68-69,72H,20,23-24,26-35,58H2,1-4H3,(H,70,71)/b6-5+,8-7-,11-9-,12-10+,15-13+,16-14+,21-18+,22-17+,25-19+. The van der Waals surface area contributed by atoms with Gasteiger partial charge in [-0.15, -0.1) is 0 Å². The Balaban J connectivity index is 1.85. The minimum absolute atomic E-state index is 0.0553. The van der Waals surface area contributed by atoms with Crippen molar-refractivity contribution in [3.63, 3.8) is 0 Å². The van der Waals surface area contributed by atoms with Crippen LogP contribution in [0.25, 0.3) is 0 Å². The lowest BCUT2D eigenvalue weighted by Gasteiger charge is -2.45. The van der Waals surface area contributed by atoms with Gasteiger partial charge in [0, 0.05) is 31.6 Å². The first-order valence-corrected chi connectivity index (χ1v) is 26.5. The molecular formula is C57H87NO18. The van der Waals surface area contributed by atoms with Crippen molar-refractivity contribution in [3.8, 4) is 0 Å². The van der Waals surface area contributed by atoms with Gasteiger partial charge >= 0.3 is 11.9 Å². The SMILES string of the molecule is C/C=C/C=C/C(=O)CC(O)CCC(C)C1OC(=O)CC(O)CC(O)CCCC(O)CC(O)CC(O)CC2(O)CC(O)C(C(=O)O)C(CC(OC3OC(C)C(O)C(N)C3O)/C=C/C=C/C=C/C=C\C=C/C=C/C=C/C1C)O2. The highest BCUT2D eigenvalue weighted by atomic mass is 16.7. The summed E-state index contributed by atoms with van der Waals surface area (Å²) in [6.07, 6.45) is 12.8. The molecule has 0 aliphatic carbocycles. The summed E-state index contributed by atoms with van der Waals surface area (Å²) in [5.74, 6) is -6.75. The molecule has 3 aliphatic rings. The zero-order valence-corrected chi connectivity index (χ0v) is 44.3. The topological polar surface area (TPSA) is 337 Å². The maximum Gasteiger partial charge on any atom is 0.311 e. The number of rotatable bonds is 11. The largest absolute Gasteiger partial charge is 0.481 e. The number of hydrogen-bond donors (Lipinski definition) is 12. The number of cyclic esters (lactones) is 1. The number of aliphatic carboxylic acids is 1. The lowest BCUT2D eigenvalue weighted by molar-refractivity contribution is -0.308. The molecule has 19 atom stereocenters. The third kappa shape index (κ3) is 24.6. The summed E-state index contributed by atoms with van der Waals surface area (Å²) in [6.45, 7) is 7.13. The van der Waals surface area contributed by atoms with Gasteiger partial charge in [0.1, 0.15) is 18.1 Å². The number of esters is 1. The van der Waals surface area contributed by atoms with Gasteiger partial charge in [0.15, 0.2) is 17.9 Å². The van der Waals surface area contributed by atoms with Crippen LogP contribution in [0.1, 0.15) is 111 Å². The average Bonchev–Trinajstić information content (AvgIpc) is 3.32. The van der Waals surface area contributed by atoms with Crippen LogP contribution in [-0.4, -0.2) is 171 Å². The molecule has 0 aromatic carbocycles. The van der Waals surface area contributed by atoms with Gasteiger partial charge in [-0.2, -0.15) is 0 Å². The van der Waals surface area contributed by atoms with Gasteiger partial charge in [-0.05, 0) is 77.2 Å². The van der Waals surface area contributed by atoms with Gasteiger partial charge in [-0.1, -0.05) is 117 Å². The van der Waals surface area contributed by atoms with Crippen LogP contribution >= 0.6 is 0 Å². The molecule has 13 N–H and O–H groups in total. The summed E-state index contributed by atoms with van der Waals surface area (Å²) in [5.41, 5.74) is 6.05. The number of allylic oxidation sites excluding steroid dienone is 16. The summed E-state index contributed by atoms with van der Waals surface area (Å²) in [6, 6.07) is -1.15. The fourth-order valence-electron chi connectivity index (χ4n) is 9.52. The maximum atomic E-state index is 13.3. The van der Waals surface area contributed by atoms with E-state index < -0.39 is 135 Å². The predicted molar refractivity (Wildman–Crippen MR) is 283 cm³/mol. The number of fused-ring (bicyclic) bond motifs is 2. The molecule has 3 heterocycles. The Bertz CT molecular complexity index is 2020. The second-order valence-electron chi connectivity index (χ2n) is 20.5. The third-order valence-electron chi connectivity index (χ3n) is 13.6. The van der Waals surface area contributed by atoms with Crippen LogP contribution in [0.5, 0.6) is 0 Å². The van der Waals surface area contributed by atoms with Crippen LogP contribution in [-0.2, 0) is 33.3 Å². The zero-order valence-electron chi connectivity index (χ0n) is 44.3. The van der Waals surface area contributed by atoms with Gasteiger partial charge in [0.2, 0.25) is 0 Å². The number of hydrogen-bond acceptors (Lipinski definition) is 18. The number of aliphatic hydroxyl groups excluding tert-OH is 9. The molecule has 19 unspecified atom stereocenters. The number of nitrogens with two attached hydrogens (primary N) is 1. The molecule has 76 heavy (non-hydrogen) atoms. The van der Waals surface area contributed by atoms with Crippen molar-refractivity contribution < 1.29 is 89.5 Å². The molecule has 0 spiro atoms. The molecule has 0 aromatic heterocycles. The number of carbonyl (C=O) groups excluding carboxylic acids is 2. The van der Waals surface area contributed by atoms with Gasteiger partial charge in [0.05, 0.1) is 79.6 Å². The third-order valence-corrected chi connectivity index (χ3v) is 13.6. The first kappa shape index (κ1) is 66.0. The highest BCUT2D eigenvalue weighted by Gasteiger charge is 2.51. The number of carboxylic acid groups (broad SMARTS) is 1. The predicted octanol–water partition coefficient (Wildman–Crippen LogP) is 3.34. The smallest absolute Gasteiger partial charge is 0.311 e. The quantitative estimate of drug-likeness (QED) is 0.0802. The Morgan fingerprint density at radius 1 is 0.763 bits per heavy atom. The summed E-state index contributed by atoms with van der Waals surface area (Å²) in [4.78, 5) is 38.1. The second-order valence-corrected chi connectivity index (χ2v) is 20.5. The highest BCUT2D eigenvalue weighted by molar-refractivity contribution is 5.90. The summed E-state index contributed by atoms with van der Waals surface area (Å²) >= 11 is 0. The lowest BCUT2D eigenvalue weighted by atomic mass is 9.82. The average molecular weight is 1070 g/mol. The molecule has 19 nitrogen and oxygen atoms in total. The molecule has 0 amide bonds. The van der Waals surface area contributed by atoms with Gasteiger partial charge in [-0.3, -0.25) is 14.4 Å². The maximum absolute atomic E-state index is 13.3. The molecule has 3 rings (SSSR count). The van der Waals surface area contributed by atoms with E-state index in [-0.39, 0.29) is 75.4 Å². The van der Waals surface area contributed by atoms with Crippen LogP contribution in [0.3, 0.4) is 0 Å². The molecule has 428 valence electrons. The number of carbonyl (C=O) groups is 3. The van der Waals surface area contributed by atoms with E-state index in [0.29, 0.717) is 6.42 Å². The van der Waals surface area contributed by atoms with Crippen LogP contribution in [0.4, 0.5) is 0 Å². The molecule has 19 heteroatoms. The minimum Gasteiger partial charge on any atom is -0.481 e. The molecule has 0 radical (unpaired) electrons. The summed E-state index contributed by atoms with van der Waals surface area (Å²) in [7, 11) is 0. The van der Waals surface area contributed by atoms with Crippen molar-refractivity contribution in [1.29, 1.82) is 0 Å². The number of carboxylic acids is 1. The first-order chi connectivity index (χ1) is 36.0. The van der Waals surface area contributed by atoms with Crippen molar-refractivity contribution in [3.05, 3.63) is 109 Å². The normalized spacial score (nSPS) is 39.7. The molecular weight excluding hydrogens is 987 g/mol. The van der Waals surface area contributed by atoms with Crippen LogP contribution in [0.15, 0.2) is 109 Å². The second kappa shape index (κ2) is 34.6. The molecule has 2 bridgehead atoms. The van der Waals surface area contributed by atoms with Gasteiger partial charge < -0.3 is 80.9 Å². The fourth-order valence-corrected chi connectivity index (χ4v) is 9.52. The van der Waals surface area contributed by atoms with Gasteiger partial charge in [-0.25, -0.2) is 0 Å². The van der Waals surface area contributed by atoms with E-state index in [2.05, 4.69) is 0 Å². The van der Waals surface area contributed by atoms with E-state index in [0.717, 1.165) is 0 Å². The number of ketones is 1. The van der Waals surface area contributed by atoms with Crippen molar-refractivity contribution in [2.24, 2.45) is 23.5 Å². The number of ether oxygens (including phenoxy) is 4. The van der Waals surface area contributed by atoms with Crippen LogP contribution in [0.2, 0.25) is 0 Å². The molecule has 0 saturated carbocycles. The Labute approximate surface area is 447 Å². The monoisotopic (exact) mass is 1070 g/mol. The van der Waals surface area contributed by atoms with Gasteiger partial charge in [0.25, 0.3) is 0 Å². The van der Waals surface area contributed by atoms with E-state index in [4.69, 9.17) is 24.7 Å². The molecule has 2 saturated heterocycles. The Kier molecular flexibility index (Phi) is 30.0. The first-order valence-electron chi connectivity index (χ1n) is 26.5. The van der Waals surface area contributed by atoms with E-state index in [9.17, 15) is 70.6 Å². The van der Waals surface area contributed by atoms with E-state index in [1.165, 1.54) is 19.1 Å². The Hall–Kier alpha value is -4.29. The lowest BCUT2D eigenvalue weighted by Crippen LogP contribution is -2.61. The van der Waals surface area contributed by atoms with Crippen molar-refractivity contribution in [1.82, 2.24) is 0 Å². The Morgan fingerprint density at radius 3 is 1.92 bits per heavy atom. The van der Waals surface area contributed by atoms with Crippen molar-refractivity contribution in [2.75, 3.05) is 0 Å². The van der Waals surface area contributed by atoms with Crippen LogP contribution < -0.4 is 5.73 Å². The van der Waals surface area contributed by atoms with E-state index >= 15 is 0 Å². The van der Waals surface area contributed by atoms with Crippen LogP contribution in [0, 0.1) is 17.8 Å². The Morgan fingerprint density at radius 2 is 1.33 bits per heavy atom. The zero-order chi connectivity index (χ0) is 56.4. The summed E-state index contributed by atoms with van der Waals surface area (Å²) in [5, 5.41) is 119. The molecule has 0 aromatic rings. The minimum atomic E-state index is -2.28. The van der Waals surface area contributed by atoms with E-state index in [1.807, 2.05) is 32.9 Å². The number of aliphatic hydroxyl groups is 10. The molecule has 3 aliphatic heterocycles. The highest BCUT2D eigenvalue weighted by Crippen LogP contribution is 2.38. The van der Waals surface area contributed by atoms with Crippen molar-refractivity contribution in [2.45, 2.75) is 209 Å². The van der Waals surface area contributed by atoms with E-state index in [1.54, 1.807) is 85.1 Å². The van der Waals surface area contributed by atoms with Crippen molar-refractivity contribution >= 4 is 17.7 Å². The summed E-state index contributed by atoms with van der Waals surface area (Å²) < 4.78 is 23.7. The molecule has 2 fully saturated rings.